The molecule has 0 aliphatic carbocycles. The molecule has 168 valence electrons. The van der Waals surface area contributed by atoms with E-state index in [-0.39, 0.29) is 11.4 Å². The van der Waals surface area contributed by atoms with E-state index < -0.39 is 0 Å². The third-order valence-corrected chi connectivity index (χ3v) is 6.71. The molecule has 1 unspecified atom stereocenters. The fourth-order valence-corrected chi connectivity index (χ4v) is 4.83. The van der Waals surface area contributed by atoms with Gasteiger partial charge in [-0.05, 0) is 73.4 Å². The maximum atomic E-state index is 13.3. The molecule has 2 aromatic carbocycles. The summed E-state index contributed by atoms with van der Waals surface area (Å²) in [6.45, 7) is 7.65. The van der Waals surface area contributed by atoms with Gasteiger partial charge in [0.1, 0.15) is 11.9 Å². The molecule has 32 heavy (non-hydrogen) atoms. The number of likely N-dealkylation sites (N-methyl/N-ethyl adjacent to an activating group) is 1. The Labute approximate surface area is 193 Å². The molecule has 4 rings (SSSR count). The second-order valence-corrected chi connectivity index (χ2v) is 9.02. The molecule has 0 saturated carbocycles. The molecule has 0 bridgehead atoms. The van der Waals surface area contributed by atoms with Gasteiger partial charge < -0.3 is 20.1 Å². The number of quaternary nitrogens is 1. The Morgan fingerprint density at radius 3 is 2.78 bits per heavy atom. The highest BCUT2D eigenvalue weighted by atomic mass is 32.1. The average molecular weight is 454 g/mol. The summed E-state index contributed by atoms with van der Waals surface area (Å²) in [5, 5.41) is 4.78. The maximum absolute atomic E-state index is 13.3. The summed E-state index contributed by atoms with van der Waals surface area (Å²) >= 11 is 5.75. The normalized spacial score (nSPS) is 18.1. The number of thiocarbonyl (C=S) groups is 1. The van der Waals surface area contributed by atoms with Crippen LogP contribution in [0.2, 0.25) is 0 Å². The molecule has 1 aromatic heterocycles. The number of halogens is 1. The van der Waals surface area contributed by atoms with E-state index in [2.05, 4.69) is 22.1 Å². The fraction of sp³-hybridized carbons (Fsp3) is 0.360. The highest BCUT2D eigenvalue weighted by Crippen LogP contribution is 2.16. The smallest absolute Gasteiger partial charge is 0.253 e. The number of rotatable bonds is 6. The van der Waals surface area contributed by atoms with Crippen LogP contribution in [0.5, 0.6) is 0 Å². The van der Waals surface area contributed by atoms with Crippen LogP contribution in [0.25, 0.3) is 10.9 Å². The van der Waals surface area contributed by atoms with Crippen LogP contribution in [-0.2, 0) is 6.54 Å². The number of hydrogen-bond donors (Lipinski definition) is 3. The fourth-order valence-electron chi connectivity index (χ4n) is 4.57. The van der Waals surface area contributed by atoms with Gasteiger partial charge in [0.25, 0.3) is 5.56 Å². The lowest BCUT2D eigenvalue weighted by Gasteiger charge is -2.30. The molecule has 1 aliphatic heterocycles. The van der Waals surface area contributed by atoms with Gasteiger partial charge in [-0.15, -0.1) is 0 Å². The van der Waals surface area contributed by atoms with Crippen LogP contribution in [-0.4, -0.2) is 40.7 Å². The molecular weight excluding hydrogens is 423 g/mol. The van der Waals surface area contributed by atoms with E-state index in [4.69, 9.17) is 12.2 Å². The monoisotopic (exact) mass is 453 g/mol. The quantitative estimate of drug-likeness (QED) is 0.502. The first kappa shape index (κ1) is 22.4. The van der Waals surface area contributed by atoms with Gasteiger partial charge in [0.2, 0.25) is 0 Å². The minimum atomic E-state index is -0.288. The zero-order valence-corrected chi connectivity index (χ0v) is 19.4. The Kier molecular flexibility index (Phi) is 6.86. The van der Waals surface area contributed by atoms with Crippen molar-refractivity contribution < 1.29 is 9.29 Å². The third kappa shape index (κ3) is 5.16. The number of aryl methyl sites for hydroxylation is 1. The van der Waals surface area contributed by atoms with Crippen molar-refractivity contribution in [2.24, 2.45) is 0 Å². The number of aromatic amines is 1. The number of likely N-dealkylation sites (tertiary alicyclic amines) is 1. The molecule has 1 saturated heterocycles. The highest BCUT2D eigenvalue weighted by Gasteiger charge is 2.30. The lowest BCUT2D eigenvalue weighted by Crippen LogP contribution is -3.14. The van der Waals surface area contributed by atoms with Crippen molar-refractivity contribution in [2.75, 3.05) is 25.0 Å². The van der Waals surface area contributed by atoms with Crippen LogP contribution in [0.1, 0.15) is 30.9 Å². The van der Waals surface area contributed by atoms with Gasteiger partial charge in [0.05, 0.1) is 26.2 Å². The Hall–Kier alpha value is -2.77. The summed E-state index contributed by atoms with van der Waals surface area (Å²) in [7, 11) is 0. The first-order valence-electron chi connectivity index (χ1n) is 11.2. The number of fused-ring (bicyclic) bond motifs is 1. The number of anilines is 1. The first-order valence-corrected chi connectivity index (χ1v) is 11.6. The SMILES string of the molecule is CC[NH+]1CCC[C@H]1CN(Cc1cc2ccc(C)cc2[nH]c1=O)C(=S)Nc1ccc(F)cc1. The zero-order chi connectivity index (χ0) is 22.7. The summed E-state index contributed by atoms with van der Waals surface area (Å²) in [5.74, 6) is -0.288. The predicted molar refractivity (Wildman–Crippen MR) is 132 cm³/mol. The number of pyridine rings is 1. The van der Waals surface area contributed by atoms with Crippen LogP contribution in [0.4, 0.5) is 10.1 Å². The van der Waals surface area contributed by atoms with Crippen LogP contribution in [0.15, 0.2) is 53.3 Å². The van der Waals surface area contributed by atoms with Crippen molar-refractivity contribution in [3.8, 4) is 0 Å². The van der Waals surface area contributed by atoms with E-state index in [1.54, 1.807) is 17.0 Å². The Bertz CT molecular complexity index is 1160. The molecule has 0 radical (unpaired) electrons. The number of aromatic nitrogens is 1. The van der Waals surface area contributed by atoms with Crippen molar-refractivity contribution in [3.63, 3.8) is 0 Å². The van der Waals surface area contributed by atoms with Crippen LogP contribution < -0.4 is 15.8 Å². The second-order valence-electron chi connectivity index (χ2n) is 8.63. The van der Waals surface area contributed by atoms with E-state index in [1.807, 2.05) is 31.2 Å². The van der Waals surface area contributed by atoms with Gasteiger partial charge in [0, 0.05) is 29.6 Å². The lowest BCUT2D eigenvalue weighted by atomic mass is 10.1. The summed E-state index contributed by atoms with van der Waals surface area (Å²) in [6.07, 6.45) is 2.35. The van der Waals surface area contributed by atoms with E-state index in [0.29, 0.717) is 23.3 Å². The van der Waals surface area contributed by atoms with Crippen molar-refractivity contribution >= 4 is 33.9 Å². The van der Waals surface area contributed by atoms with Gasteiger partial charge in [-0.1, -0.05) is 12.1 Å². The summed E-state index contributed by atoms with van der Waals surface area (Å²) in [5.41, 5.74) is 3.27. The van der Waals surface area contributed by atoms with Crippen LogP contribution in [0.3, 0.4) is 0 Å². The standard InChI is InChI=1S/C25H29FN4OS/c1-3-29-12-4-5-22(29)16-30(25(32)27-21-10-8-20(26)9-11-21)15-19-14-18-7-6-17(2)13-23(18)28-24(19)31/h6-11,13-14,22H,3-5,12,15-16H2,1-2H3,(H,27,32)(H,28,31)/p+1/t22-/m0/s1. The van der Waals surface area contributed by atoms with Gasteiger partial charge in [-0.2, -0.15) is 0 Å². The van der Waals surface area contributed by atoms with Gasteiger partial charge in [-0.3, -0.25) is 4.79 Å². The van der Waals surface area contributed by atoms with E-state index in [1.165, 1.54) is 25.1 Å². The molecule has 0 amide bonds. The molecule has 3 N–H and O–H groups in total. The third-order valence-electron chi connectivity index (χ3n) is 6.35. The highest BCUT2D eigenvalue weighted by molar-refractivity contribution is 7.80. The molecule has 7 heteroatoms. The maximum Gasteiger partial charge on any atom is 0.253 e. The topological polar surface area (TPSA) is 52.6 Å². The number of nitrogens with one attached hydrogen (secondary N) is 3. The minimum absolute atomic E-state index is 0.0937. The van der Waals surface area contributed by atoms with Crippen LogP contribution in [0, 0.1) is 12.7 Å². The Morgan fingerprint density at radius 2 is 2.03 bits per heavy atom. The molecule has 5 nitrogen and oxygen atoms in total. The number of H-pyrrole nitrogens is 1. The lowest BCUT2D eigenvalue weighted by molar-refractivity contribution is -0.909. The van der Waals surface area contributed by atoms with Crippen molar-refractivity contribution in [1.29, 1.82) is 0 Å². The number of benzene rings is 2. The Balaban J connectivity index is 1.60. The molecule has 2 heterocycles. The first-order chi connectivity index (χ1) is 15.4. The van der Waals surface area contributed by atoms with Crippen molar-refractivity contribution in [2.45, 2.75) is 39.3 Å². The number of nitrogens with zero attached hydrogens (tertiary/aromatic N) is 1. The summed E-state index contributed by atoms with van der Waals surface area (Å²) < 4.78 is 13.3. The van der Waals surface area contributed by atoms with Crippen molar-refractivity contribution in [3.05, 3.63) is 75.8 Å². The minimum Gasteiger partial charge on any atom is -0.339 e. The van der Waals surface area contributed by atoms with Crippen molar-refractivity contribution in [1.82, 2.24) is 9.88 Å². The van der Waals surface area contributed by atoms with Gasteiger partial charge >= 0.3 is 0 Å². The summed E-state index contributed by atoms with van der Waals surface area (Å²) in [4.78, 5) is 19.5. The molecule has 2 atom stereocenters. The zero-order valence-electron chi connectivity index (χ0n) is 18.6. The molecule has 3 aromatic rings. The van der Waals surface area contributed by atoms with E-state index in [9.17, 15) is 9.18 Å². The van der Waals surface area contributed by atoms with Crippen LogP contribution >= 0.6 is 12.2 Å². The molecular formula is C25H30FN4OS+. The molecule has 0 spiro atoms. The Morgan fingerprint density at radius 1 is 1.25 bits per heavy atom. The molecule has 1 fully saturated rings. The largest absolute Gasteiger partial charge is 0.339 e. The average Bonchev–Trinajstić information content (AvgIpc) is 3.22. The van der Waals surface area contributed by atoms with Gasteiger partial charge in [-0.25, -0.2) is 4.39 Å². The van der Waals surface area contributed by atoms with E-state index in [0.717, 1.165) is 41.7 Å². The predicted octanol–water partition coefficient (Wildman–Crippen LogP) is 3.24. The van der Waals surface area contributed by atoms with Gasteiger partial charge in [0.15, 0.2) is 5.11 Å². The second kappa shape index (κ2) is 9.79. The number of hydrogen-bond acceptors (Lipinski definition) is 2. The molecule has 1 aliphatic rings. The summed E-state index contributed by atoms with van der Waals surface area (Å²) in [6, 6.07) is 14.6. The van der Waals surface area contributed by atoms with E-state index >= 15 is 0 Å².